The van der Waals surface area contributed by atoms with Crippen molar-refractivity contribution in [3.63, 3.8) is 0 Å². The van der Waals surface area contributed by atoms with Gasteiger partial charge in [0.2, 0.25) is 0 Å². The first kappa shape index (κ1) is 11.8. The van der Waals surface area contributed by atoms with Gasteiger partial charge in [0.25, 0.3) is 5.91 Å². The van der Waals surface area contributed by atoms with E-state index in [1.54, 1.807) is 12.1 Å². The molecule has 1 aromatic heterocycles. The largest absolute Gasteiger partial charge is 0.351 e. The second kappa shape index (κ2) is 6.27. The molecule has 0 fully saturated rings. The molecule has 1 N–H and O–H groups in total. The number of hydrogen-bond acceptors (Lipinski definition) is 2. The summed E-state index contributed by atoms with van der Waals surface area (Å²) in [6, 6.07) is 3.45. The highest BCUT2D eigenvalue weighted by atomic mass is 35.5. The Labute approximate surface area is 97.2 Å². The lowest BCUT2D eigenvalue weighted by Crippen LogP contribution is -2.23. The summed E-state index contributed by atoms with van der Waals surface area (Å²) in [5.74, 6) is 0.581. The lowest BCUT2D eigenvalue weighted by molar-refractivity contribution is 0.0957. The van der Waals surface area contributed by atoms with Crippen LogP contribution in [-0.2, 0) is 0 Å². The Morgan fingerprint density at radius 2 is 2.21 bits per heavy atom. The Morgan fingerprint density at radius 1 is 1.43 bits per heavy atom. The molecule has 78 valence electrons. The number of nitrogens with one attached hydrogen (secondary N) is 1. The second-order valence-corrected chi connectivity index (χ2v) is 4.85. The minimum absolute atomic E-state index is 0.0588. The average molecular weight is 252 g/mol. The molecule has 0 unspecified atom stereocenters. The van der Waals surface area contributed by atoms with Crippen molar-refractivity contribution in [1.82, 2.24) is 5.32 Å². The summed E-state index contributed by atoms with van der Waals surface area (Å²) in [5, 5.41) is 2.80. The van der Waals surface area contributed by atoms with Crippen LogP contribution in [0.1, 0.15) is 22.5 Å². The molecule has 0 radical (unpaired) electrons. The molecule has 0 aliphatic heterocycles. The highest BCUT2D eigenvalue weighted by Gasteiger charge is 2.06. The molecule has 1 amide bonds. The van der Waals surface area contributed by atoms with Crippen molar-refractivity contribution in [2.75, 3.05) is 12.4 Å². The Morgan fingerprint density at radius 3 is 2.79 bits per heavy atom. The van der Waals surface area contributed by atoms with Gasteiger partial charge in [0.05, 0.1) is 9.21 Å². The zero-order chi connectivity index (χ0) is 10.4. The van der Waals surface area contributed by atoms with Crippen molar-refractivity contribution in [3.8, 4) is 0 Å². The third kappa shape index (κ3) is 3.86. The molecule has 0 saturated heterocycles. The van der Waals surface area contributed by atoms with Gasteiger partial charge in [0, 0.05) is 12.4 Å². The second-order valence-electron chi connectivity index (χ2n) is 2.76. The fourth-order valence-corrected chi connectivity index (χ4v) is 2.09. The molecule has 5 heteroatoms. The van der Waals surface area contributed by atoms with Crippen LogP contribution in [0.15, 0.2) is 12.1 Å². The molecule has 14 heavy (non-hydrogen) atoms. The van der Waals surface area contributed by atoms with Crippen molar-refractivity contribution in [1.29, 1.82) is 0 Å². The van der Waals surface area contributed by atoms with E-state index in [9.17, 15) is 4.79 Å². The number of amides is 1. The van der Waals surface area contributed by atoms with Gasteiger partial charge in [-0.2, -0.15) is 0 Å². The molecule has 0 spiro atoms. The number of alkyl halides is 1. The van der Waals surface area contributed by atoms with Gasteiger partial charge in [-0.25, -0.2) is 0 Å². The van der Waals surface area contributed by atoms with Gasteiger partial charge >= 0.3 is 0 Å². The third-order valence-electron chi connectivity index (χ3n) is 1.64. The summed E-state index contributed by atoms with van der Waals surface area (Å²) < 4.78 is 0.635. The first-order valence-electron chi connectivity index (χ1n) is 4.33. The Bertz CT molecular complexity index is 301. The van der Waals surface area contributed by atoms with E-state index >= 15 is 0 Å². The topological polar surface area (TPSA) is 29.1 Å². The summed E-state index contributed by atoms with van der Waals surface area (Å²) >= 11 is 12.5. The molecular weight excluding hydrogens is 241 g/mol. The Kier molecular flexibility index (Phi) is 5.30. The molecule has 0 aromatic carbocycles. The Balaban J connectivity index is 2.29. The smallest absolute Gasteiger partial charge is 0.261 e. The van der Waals surface area contributed by atoms with Crippen molar-refractivity contribution >= 4 is 40.4 Å². The quantitative estimate of drug-likeness (QED) is 0.633. The summed E-state index contributed by atoms with van der Waals surface area (Å²) in [4.78, 5) is 12.1. The van der Waals surface area contributed by atoms with Crippen LogP contribution < -0.4 is 5.32 Å². The van der Waals surface area contributed by atoms with Gasteiger partial charge in [-0.05, 0) is 25.0 Å². The van der Waals surface area contributed by atoms with E-state index in [0.29, 0.717) is 21.6 Å². The van der Waals surface area contributed by atoms with Gasteiger partial charge in [-0.15, -0.1) is 22.9 Å². The SMILES string of the molecule is O=C(NCCCCCl)c1ccc(Cl)s1. The van der Waals surface area contributed by atoms with E-state index in [1.807, 2.05) is 0 Å². The van der Waals surface area contributed by atoms with Crippen LogP contribution in [0.2, 0.25) is 4.34 Å². The van der Waals surface area contributed by atoms with E-state index in [1.165, 1.54) is 11.3 Å². The third-order valence-corrected chi connectivity index (χ3v) is 3.14. The van der Waals surface area contributed by atoms with Gasteiger partial charge in [-0.3, -0.25) is 4.79 Å². The number of carbonyl (C=O) groups excluding carboxylic acids is 1. The van der Waals surface area contributed by atoms with Crippen molar-refractivity contribution < 1.29 is 4.79 Å². The molecule has 1 heterocycles. The number of hydrogen-bond donors (Lipinski definition) is 1. The molecule has 0 atom stereocenters. The number of carbonyl (C=O) groups is 1. The zero-order valence-electron chi connectivity index (χ0n) is 7.56. The fraction of sp³-hybridized carbons (Fsp3) is 0.444. The highest BCUT2D eigenvalue weighted by Crippen LogP contribution is 2.20. The molecule has 1 rings (SSSR count). The first-order chi connectivity index (χ1) is 6.74. The molecule has 0 aliphatic carbocycles. The summed E-state index contributed by atoms with van der Waals surface area (Å²) in [6.45, 7) is 0.668. The zero-order valence-corrected chi connectivity index (χ0v) is 9.88. The van der Waals surface area contributed by atoms with Gasteiger partial charge < -0.3 is 5.32 Å². The number of halogens is 2. The van der Waals surface area contributed by atoms with Gasteiger partial charge in [0.15, 0.2) is 0 Å². The summed E-state index contributed by atoms with van der Waals surface area (Å²) in [5.41, 5.74) is 0. The van der Waals surface area contributed by atoms with E-state index in [2.05, 4.69) is 5.32 Å². The number of thiophene rings is 1. The minimum Gasteiger partial charge on any atom is -0.351 e. The normalized spacial score (nSPS) is 10.1. The van der Waals surface area contributed by atoms with Crippen LogP contribution in [0, 0.1) is 0 Å². The lowest BCUT2D eigenvalue weighted by atomic mass is 10.3. The minimum atomic E-state index is -0.0588. The summed E-state index contributed by atoms with van der Waals surface area (Å²) in [7, 11) is 0. The maximum absolute atomic E-state index is 11.4. The lowest BCUT2D eigenvalue weighted by Gasteiger charge is -2.01. The average Bonchev–Trinajstić information content (AvgIpc) is 2.59. The predicted octanol–water partition coefficient (Wildman–Crippen LogP) is 3.15. The highest BCUT2D eigenvalue weighted by molar-refractivity contribution is 7.17. The number of unbranched alkanes of at least 4 members (excludes halogenated alkanes) is 1. The first-order valence-corrected chi connectivity index (χ1v) is 6.06. The van der Waals surface area contributed by atoms with Crippen molar-refractivity contribution in [2.45, 2.75) is 12.8 Å². The van der Waals surface area contributed by atoms with Crippen molar-refractivity contribution in [2.24, 2.45) is 0 Å². The molecule has 0 bridgehead atoms. The maximum atomic E-state index is 11.4. The molecule has 2 nitrogen and oxygen atoms in total. The monoisotopic (exact) mass is 251 g/mol. The van der Waals surface area contributed by atoms with E-state index < -0.39 is 0 Å². The van der Waals surface area contributed by atoms with Crippen LogP contribution in [0.5, 0.6) is 0 Å². The summed E-state index contributed by atoms with van der Waals surface area (Å²) in [6.07, 6.45) is 1.83. The Hall–Kier alpha value is -0.250. The van der Waals surface area contributed by atoms with Crippen LogP contribution in [0.25, 0.3) is 0 Å². The standard InChI is InChI=1S/C9H11Cl2NOS/c10-5-1-2-6-12-9(13)7-3-4-8(11)14-7/h3-4H,1-2,5-6H2,(H,12,13). The van der Waals surface area contributed by atoms with Crippen molar-refractivity contribution in [3.05, 3.63) is 21.3 Å². The van der Waals surface area contributed by atoms with Gasteiger partial charge in [0.1, 0.15) is 0 Å². The van der Waals surface area contributed by atoms with Crippen LogP contribution in [0.3, 0.4) is 0 Å². The van der Waals surface area contributed by atoms with Crippen LogP contribution in [0.4, 0.5) is 0 Å². The molecular formula is C9H11Cl2NOS. The van der Waals surface area contributed by atoms with E-state index in [4.69, 9.17) is 23.2 Å². The fourth-order valence-electron chi connectivity index (χ4n) is 0.945. The predicted molar refractivity (Wildman–Crippen MR) is 61.6 cm³/mol. The van der Waals surface area contributed by atoms with E-state index in [0.717, 1.165) is 12.8 Å². The molecule has 0 saturated carbocycles. The number of rotatable bonds is 5. The van der Waals surface area contributed by atoms with Gasteiger partial charge in [-0.1, -0.05) is 11.6 Å². The van der Waals surface area contributed by atoms with Crippen LogP contribution >= 0.6 is 34.5 Å². The molecule has 0 aliphatic rings. The maximum Gasteiger partial charge on any atom is 0.261 e. The van der Waals surface area contributed by atoms with Crippen LogP contribution in [-0.4, -0.2) is 18.3 Å². The van der Waals surface area contributed by atoms with E-state index in [-0.39, 0.29) is 5.91 Å². The molecule has 1 aromatic rings.